The summed E-state index contributed by atoms with van der Waals surface area (Å²) in [7, 11) is 0. The summed E-state index contributed by atoms with van der Waals surface area (Å²) in [6.07, 6.45) is 4.84. The molecule has 0 aromatic heterocycles. The van der Waals surface area contributed by atoms with Crippen molar-refractivity contribution in [3.8, 4) is 0 Å². The van der Waals surface area contributed by atoms with E-state index in [0.717, 1.165) is 24.8 Å². The fourth-order valence-electron chi connectivity index (χ4n) is 1.50. The van der Waals surface area contributed by atoms with E-state index in [0.29, 0.717) is 0 Å². The number of carbonyl (C=O) groups excluding carboxylic acids is 1. The van der Waals surface area contributed by atoms with Crippen molar-refractivity contribution in [3.63, 3.8) is 0 Å². The topological polar surface area (TPSA) is 26.3 Å². The maximum Gasteiger partial charge on any atom is 0.164 e. The van der Waals surface area contributed by atoms with Gasteiger partial charge in [-0.2, -0.15) is 0 Å². The summed E-state index contributed by atoms with van der Waals surface area (Å²) in [6.45, 7) is 5.92. The van der Waals surface area contributed by atoms with Gasteiger partial charge >= 0.3 is 0 Å². The summed E-state index contributed by atoms with van der Waals surface area (Å²) in [5, 5.41) is 0. The first-order valence-electron chi connectivity index (χ1n) is 5.00. The SMILES string of the molecule is CC(C)O/C=C1\CCC[C@@H](C)C1=O. The Morgan fingerprint density at radius 3 is 2.85 bits per heavy atom. The van der Waals surface area contributed by atoms with Crippen LogP contribution in [0.15, 0.2) is 11.8 Å². The van der Waals surface area contributed by atoms with Gasteiger partial charge in [0.2, 0.25) is 0 Å². The molecule has 1 atom stereocenters. The molecule has 2 nitrogen and oxygen atoms in total. The van der Waals surface area contributed by atoms with Crippen molar-refractivity contribution in [3.05, 3.63) is 11.8 Å². The zero-order valence-corrected chi connectivity index (χ0v) is 8.67. The van der Waals surface area contributed by atoms with Gasteiger partial charge in [-0.1, -0.05) is 6.92 Å². The molecule has 1 aliphatic carbocycles. The number of carbonyl (C=O) groups is 1. The zero-order valence-electron chi connectivity index (χ0n) is 8.67. The van der Waals surface area contributed by atoms with E-state index >= 15 is 0 Å². The van der Waals surface area contributed by atoms with E-state index in [1.165, 1.54) is 0 Å². The predicted molar refractivity (Wildman–Crippen MR) is 52.3 cm³/mol. The molecule has 0 saturated heterocycles. The Bertz CT molecular complexity index is 216. The normalized spacial score (nSPS) is 26.9. The van der Waals surface area contributed by atoms with Gasteiger partial charge in [-0.05, 0) is 33.1 Å². The number of ketones is 1. The molecule has 0 N–H and O–H groups in total. The van der Waals surface area contributed by atoms with E-state index in [9.17, 15) is 4.79 Å². The number of ether oxygens (including phenoxy) is 1. The third-order valence-corrected chi connectivity index (χ3v) is 2.33. The molecule has 0 aliphatic heterocycles. The molecule has 1 fully saturated rings. The smallest absolute Gasteiger partial charge is 0.164 e. The second-order valence-electron chi connectivity index (χ2n) is 3.99. The van der Waals surface area contributed by atoms with Gasteiger partial charge in [0.1, 0.15) is 0 Å². The van der Waals surface area contributed by atoms with Gasteiger partial charge in [0.25, 0.3) is 0 Å². The van der Waals surface area contributed by atoms with Crippen LogP contribution in [0.25, 0.3) is 0 Å². The van der Waals surface area contributed by atoms with E-state index in [4.69, 9.17) is 4.74 Å². The Morgan fingerprint density at radius 2 is 2.23 bits per heavy atom. The molecule has 0 bridgehead atoms. The number of hydrogen-bond acceptors (Lipinski definition) is 2. The standard InChI is InChI=1S/C11H18O2/c1-8(2)13-7-10-6-4-5-9(3)11(10)12/h7-9H,4-6H2,1-3H3/b10-7+/t9-/m1/s1. The lowest BCUT2D eigenvalue weighted by molar-refractivity contribution is -0.120. The maximum absolute atomic E-state index is 11.6. The molecule has 0 heterocycles. The number of rotatable bonds is 2. The Labute approximate surface area is 80.0 Å². The van der Waals surface area contributed by atoms with Gasteiger partial charge in [-0.3, -0.25) is 4.79 Å². The van der Waals surface area contributed by atoms with Gasteiger partial charge in [0.05, 0.1) is 12.4 Å². The fourth-order valence-corrected chi connectivity index (χ4v) is 1.50. The summed E-state index contributed by atoms with van der Waals surface area (Å²) in [5.41, 5.74) is 0.868. The third kappa shape index (κ3) is 2.87. The van der Waals surface area contributed by atoms with Crippen LogP contribution >= 0.6 is 0 Å². The summed E-state index contributed by atoms with van der Waals surface area (Å²) in [4.78, 5) is 11.6. The van der Waals surface area contributed by atoms with Crippen LogP contribution in [-0.4, -0.2) is 11.9 Å². The summed E-state index contributed by atoms with van der Waals surface area (Å²) in [6, 6.07) is 0. The summed E-state index contributed by atoms with van der Waals surface area (Å²) >= 11 is 0. The molecule has 1 rings (SSSR count). The number of Topliss-reactive ketones (excluding diaryl/α,β-unsaturated/α-hetero) is 1. The van der Waals surface area contributed by atoms with Crippen molar-refractivity contribution in [2.45, 2.75) is 46.1 Å². The van der Waals surface area contributed by atoms with Gasteiger partial charge in [0.15, 0.2) is 5.78 Å². The Kier molecular flexibility index (Phi) is 3.52. The summed E-state index contributed by atoms with van der Waals surface area (Å²) in [5.74, 6) is 0.461. The van der Waals surface area contributed by atoms with Crippen molar-refractivity contribution in [2.75, 3.05) is 0 Å². The lowest BCUT2D eigenvalue weighted by atomic mass is 9.86. The van der Waals surface area contributed by atoms with Crippen LogP contribution in [0.4, 0.5) is 0 Å². The van der Waals surface area contributed by atoms with Crippen molar-refractivity contribution in [1.82, 2.24) is 0 Å². The van der Waals surface area contributed by atoms with Gasteiger partial charge < -0.3 is 4.74 Å². The van der Waals surface area contributed by atoms with Gasteiger partial charge in [-0.15, -0.1) is 0 Å². The molecule has 0 unspecified atom stereocenters. The second-order valence-corrected chi connectivity index (χ2v) is 3.99. The number of allylic oxidation sites excluding steroid dienone is 1. The molecule has 0 spiro atoms. The molecule has 2 heteroatoms. The van der Waals surface area contributed by atoms with Crippen LogP contribution in [-0.2, 0) is 9.53 Å². The fraction of sp³-hybridized carbons (Fsp3) is 0.727. The Morgan fingerprint density at radius 1 is 1.54 bits per heavy atom. The Balaban J connectivity index is 2.57. The first-order chi connectivity index (χ1) is 6.11. The minimum absolute atomic E-state index is 0.164. The van der Waals surface area contributed by atoms with Crippen molar-refractivity contribution < 1.29 is 9.53 Å². The molecule has 1 saturated carbocycles. The highest BCUT2D eigenvalue weighted by atomic mass is 16.5. The van der Waals surface area contributed by atoms with Crippen molar-refractivity contribution in [1.29, 1.82) is 0 Å². The molecule has 0 aromatic rings. The second kappa shape index (κ2) is 4.45. The van der Waals surface area contributed by atoms with Crippen LogP contribution in [0.1, 0.15) is 40.0 Å². The molecule has 0 aromatic carbocycles. The third-order valence-electron chi connectivity index (χ3n) is 2.33. The highest BCUT2D eigenvalue weighted by Gasteiger charge is 2.22. The monoisotopic (exact) mass is 182 g/mol. The van der Waals surface area contributed by atoms with Crippen LogP contribution in [0.3, 0.4) is 0 Å². The minimum Gasteiger partial charge on any atom is -0.498 e. The summed E-state index contributed by atoms with van der Waals surface area (Å²) < 4.78 is 5.32. The van der Waals surface area contributed by atoms with Gasteiger partial charge in [-0.25, -0.2) is 0 Å². The van der Waals surface area contributed by atoms with E-state index in [1.807, 2.05) is 20.8 Å². The lowest BCUT2D eigenvalue weighted by Gasteiger charge is -2.19. The molecular weight excluding hydrogens is 164 g/mol. The van der Waals surface area contributed by atoms with Crippen LogP contribution < -0.4 is 0 Å². The average Bonchev–Trinajstić information content (AvgIpc) is 2.07. The van der Waals surface area contributed by atoms with Crippen LogP contribution in [0, 0.1) is 5.92 Å². The molecule has 0 amide bonds. The highest BCUT2D eigenvalue weighted by molar-refractivity contribution is 5.97. The van der Waals surface area contributed by atoms with E-state index in [2.05, 4.69) is 0 Å². The maximum atomic E-state index is 11.6. The molecular formula is C11H18O2. The van der Waals surface area contributed by atoms with Gasteiger partial charge in [0, 0.05) is 11.5 Å². The minimum atomic E-state index is 0.164. The predicted octanol–water partition coefficient (Wildman–Crippen LogP) is 2.68. The number of hydrogen-bond donors (Lipinski definition) is 0. The van der Waals surface area contributed by atoms with Crippen molar-refractivity contribution >= 4 is 5.78 Å². The highest BCUT2D eigenvalue weighted by Crippen LogP contribution is 2.24. The van der Waals surface area contributed by atoms with E-state index in [-0.39, 0.29) is 17.8 Å². The van der Waals surface area contributed by atoms with Crippen LogP contribution in [0.5, 0.6) is 0 Å². The lowest BCUT2D eigenvalue weighted by Crippen LogP contribution is -2.19. The zero-order chi connectivity index (χ0) is 9.84. The molecule has 13 heavy (non-hydrogen) atoms. The average molecular weight is 182 g/mol. The molecule has 74 valence electrons. The van der Waals surface area contributed by atoms with E-state index in [1.54, 1.807) is 6.26 Å². The molecule has 0 radical (unpaired) electrons. The molecule has 1 aliphatic rings. The first-order valence-corrected chi connectivity index (χ1v) is 5.00. The van der Waals surface area contributed by atoms with Crippen molar-refractivity contribution in [2.24, 2.45) is 5.92 Å². The Hall–Kier alpha value is -0.790. The van der Waals surface area contributed by atoms with Crippen LogP contribution in [0.2, 0.25) is 0 Å². The van der Waals surface area contributed by atoms with E-state index < -0.39 is 0 Å². The largest absolute Gasteiger partial charge is 0.498 e. The quantitative estimate of drug-likeness (QED) is 0.485. The first kappa shape index (κ1) is 10.3.